The van der Waals surface area contributed by atoms with Crippen LogP contribution in [0.3, 0.4) is 0 Å². The smallest absolute Gasteiger partial charge is 0.306 e. The number of nitrogens with one attached hydrogen (secondary N) is 2. The van der Waals surface area contributed by atoms with Gasteiger partial charge >= 0.3 is 5.97 Å². The van der Waals surface area contributed by atoms with Gasteiger partial charge in [0.2, 0.25) is 11.8 Å². The van der Waals surface area contributed by atoms with Gasteiger partial charge in [0.25, 0.3) is 0 Å². The normalized spacial score (nSPS) is 13.7. The Morgan fingerprint density at radius 2 is 1.33 bits per heavy atom. The maximum absolute atomic E-state index is 12.3. The van der Waals surface area contributed by atoms with E-state index in [4.69, 9.17) is 5.11 Å². The molecule has 9 heteroatoms. The summed E-state index contributed by atoms with van der Waals surface area (Å²) in [5.41, 5.74) is 3.56. The Morgan fingerprint density at radius 1 is 0.804 bits per heavy atom. The maximum atomic E-state index is 12.3. The van der Waals surface area contributed by atoms with Crippen molar-refractivity contribution in [3.8, 4) is 0 Å². The first-order valence-electron chi connectivity index (χ1n) is 15.7. The van der Waals surface area contributed by atoms with Crippen molar-refractivity contribution in [2.45, 2.75) is 68.9 Å². The van der Waals surface area contributed by atoms with E-state index in [1.54, 1.807) is 19.9 Å². The van der Waals surface area contributed by atoms with Crippen LogP contribution in [-0.4, -0.2) is 63.7 Å². The van der Waals surface area contributed by atoms with Crippen LogP contribution < -0.4 is 10.6 Å². The molecule has 0 aliphatic rings. The summed E-state index contributed by atoms with van der Waals surface area (Å²) in [6, 6.07) is 30.7. The van der Waals surface area contributed by atoms with Crippen LogP contribution in [0.15, 0.2) is 103 Å². The quantitative estimate of drug-likeness (QED) is 0.0679. The summed E-state index contributed by atoms with van der Waals surface area (Å²) in [7, 11) is 0. The largest absolute Gasteiger partial charge is 0.481 e. The summed E-state index contributed by atoms with van der Waals surface area (Å²) in [6.45, 7) is 3.84. The summed E-state index contributed by atoms with van der Waals surface area (Å²) in [6.07, 6.45) is 2.07. The number of carboxylic acids is 1. The fourth-order valence-electron chi connectivity index (χ4n) is 5.38. The highest BCUT2D eigenvalue weighted by molar-refractivity contribution is 8.00. The zero-order valence-electron chi connectivity index (χ0n) is 26.5. The molecule has 0 saturated heterocycles. The molecule has 0 spiro atoms. The Bertz CT molecular complexity index is 1290. The Balaban J connectivity index is 1.48. The van der Waals surface area contributed by atoms with Gasteiger partial charge in [-0.3, -0.25) is 14.4 Å². The molecule has 0 unspecified atom stereocenters. The average molecular weight is 647 g/mol. The van der Waals surface area contributed by atoms with Crippen LogP contribution in [0, 0.1) is 5.92 Å². The lowest BCUT2D eigenvalue weighted by molar-refractivity contribution is -0.140. The summed E-state index contributed by atoms with van der Waals surface area (Å²) in [5.74, 6) is -1.15. The summed E-state index contributed by atoms with van der Waals surface area (Å²) in [5, 5.41) is 34.9. The maximum Gasteiger partial charge on any atom is 0.306 e. The van der Waals surface area contributed by atoms with E-state index in [1.165, 1.54) is 16.7 Å². The van der Waals surface area contributed by atoms with Gasteiger partial charge in [-0.1, -0.05) is 117 Å². The average Bonchev–Trinajstić information content (AvgIpc) is 3.04. The first kappa shape index (κ1) is 36.5. The predicted octanol–water partition coefficient (Wildman–Crippen LogP) is 5.28. The van der Waals surface area contributed by atoms with Gasteiger partial charge < -0.3 is 26.0 Å². The van der Waals surface area contributed by atoms with Crippen LogP contribution in [0.2, 0.25) is 0 Å². The third-order valence-electron chi connectivity index (χ3n) is 7.64. The van der Waals surface area contributed by atoms with Gasteiger partial charge in [-0.2, -0.15) is 0 Å². The molecule has 3 atom stereocenters. The second-order valence-electron chi connectivity index (χ2n) is 11.6. The van der Waals surface area contributed by atoms with Gasteiger partial charge in [0.15, 0.2) is 0 Å². The molecule has 0 bridgehead atoms. The van der Waals surface area contributed by atoms with Crippen molar-refractivity contribution in [3.05, 3.63) is 120 Å². The number of thioether (sulfide) groups is 1. The molecule has 0 saturated carbocycles. The van der Waals surface area contributed by atoms with E-state index in [0.717, 1.165) is 5.75 Å². The van der Waals surface area contributed by atoms with Crippen LogP contribution in [0.4, 0.5) is 0 Å². The number of aliphatic carboxylic acids is 1. The Labute approximate surface area is 276 Å². The van der Waals surface area contributed by atoms with Crippen molar-refractivity contribution in [1.29, 1.82) is 0 Å². The molecule has 46 heavy (non-hydrogen) atoms. The zero-order valence-corrected chi connectivity index (χ0v) is 27.4. The van der Waals surface area contributed by atoms with Crippen molar-refractivity contribution < 1.29 is 29.7 Å². The summed E-state index contributed by atoms with van der Waals surface area (Å²) < 4.78 is -0.416. The third kappa shape index (κ3) is 11.2. The number of carbonyl (C=O) groups excluding carboxylic acids is 2. The second kappa shape index (κ2) is 18.9. The minimum absolute atomic E-state index is 0.0887. The number of aliphatic hydroxyl groups is 2. The molecule has 0 aliphatic heterocycles. The van der Waals surface area contributed by atoms with E-state index in [2.05, 4.69) is 83.4 Å². The molecule has 0 fully saturated rings. The van der Waals surface area contributed by atoms with Gasteiger partial charge in [-0.05, 0) is 41.2 Å². The highest BCUT2D eigenvalue weighted by atomic mass is 32.2. The molecule has 3 rings (SSSR count). The molecule has 0 aromatic heterocycles. The Kier molecular flexibility index (Phi) is 15.0. The second-order valence-corrected chi connectivity index (χ2v) is 12.9. The number of carboxylic acid groups (broad SMARTS) is 1. The number of hydrogen-bond acceptors (Lipinski definition) is 6. The molecule has 8 nitrogen and oxygen atoms in total. The highest BCUT2D eigenvalue weighted by Gasteiger charge is 2.36. The molecule has 3 aromatic carbocycles. The lowest BCUT2D eigenvalue weighted by Gasteiger charge is -2.35. The van der Waals surface area contributed by atoms with E-state index < -0.39 is 35.4 Å². The number of amides is 2. The SMILES string of the molecule is CC(C)[C@@H](NC(=O)CCCNC(=O)C[C@H](O)C=CCCSC(c1ccccc1)(c1ccccc1)c1ccccc1)[C@@H](O)CC(=O)O. The first-order chi connectivity index (χ1) is 22.1. The lowest BCUT2D eigenvalue weighted by atomic mass is 9.84. The Morgan fingerprint density at radius 3 is 1.80 bits per heavy atom. The molecular weight excluding hydrogens is 600 g/mol. The first-order valence-corrected chi connectivity index (χ1v) is 16.7. The molecule has 5 N–H and O–H groups in total. The molecule has 0 heterocycles. The van der Waals surface area contributed by atoms with Crippen molar-refractivity contribution in [3.63, 3.8) is 0 Å². The van der Waals surface area contributed by atoms with Crippen LogP contribution in [0.1, 0.15) is 62.6 Å². The standard InChI is InChI=1S/C37H46N2O6S/c1-27(2)36(32(41)26-35(44)45)39-33(42)22-14-23-38-34(43)25-31(40)21-12-13-24-46-37(28-15-6-3-7-16-28,29-17-8-4-9-18-29)30-19-10-5-11-20-30/h3-12,15-21,27,31-32,36,40-41H,13-14,22-26H2,1-2H3,(H,38,43)(H,39,42)(H,44,45)/t31-,32+,36-/m1/s1. The van der Waals surface area contributed by atoms with E-state index in [0.29, 0.717) is 12.8 Å². The predicted molar refractivity (Wildman–Crippen MR) is 183 cm³/mol. The third-order valence-corrected chi connectivity index (χ3v) is 9.22. The minimum atomic E-state index is -1.19. The van der Waals surface area contributed by atoms with Crippen LogP contribution in [0.5, 0.6) is 0 Å². The molecule has 0 radical (unpaired) electrons. The number of hydrogen-bond donors (Lipinski definition) is 5. The summed E-state index contributed by atoms with van der Waals surface area (Å²) >= 11 is 1.83. The number of rotatable bonds is 19. The fourth-order valence-corrected chi connectivity index (χ4v) is 6.85. The monoisotopic (exact) mass is 646 g/mol. The van der Waals surface area contributed by atoms with Crippen molar-refractivity contribution >= 4 is 29.5 Å². The molecule has 3 aromatic rings. The van der Waals surface area contributed by atoms with E-state index >= 15 is 0 Å². The zero-order chi connectivity index (χ0) is 33.4. The number of aliphatic hydroxyl groups excluding tert-OH is 2. The number of carbonyl (C=O) groups is 3. The summed E-state index contributed by atoms with van der Waals surface area (Å²) in [4.78, 5) is 35.6. The van der Waals surface area contributed by atoms with Crippen LogP contribution in [-0.2, 0) is 19.1 Å². The van der Waals surface area contributed by atoms with E-state index in [1.807, 2.05) is 36.0 Å². The van der Waals surface area contributed by atoms with Gasteiger partial charge in [0.05, 0.1) is 35.8 Å². The van der Waals surface area contributed by atoms with E-state index in [9.17, 15) is 24.6 Å². The van der Waals surface area contributed by atoms with Crippen molar-refractivity contribution in [2.75, 3.05) is 12.3 Å². The van der Waals surface area contributed by atoms with Gasteiger partial charge in [0, 0.05) is 13.0 Å². The minimum Gasteiger partial charge on any atom is -0.481 e. The highest BCUT2D eigenvalue weighted by Crippen LogP contribution is 2.48. The molecule has 0 aliphatic carbocycles. The van der Waals surface area contributed by atoms with E-state index in [-0.39, 0.29) is 37.1 Å². The molecule has 246 valence electrons. The number of allylic oxidation sites excluding steroid dienone is 1. The van der Waals surface area contributed by atoms with Gasteiger partial charge in [-0.25, -0.2) is 0 Å². The lowest BCUT2D eigenvalue weighted by Crippen LogP contribution is -2.47. The number of benzene rings is 3. The molecule has 2 amide bonds. The van der Waals surface area contributed by atoms with Gasteiger partial charge in [0.1, 0.15) is 0 Å². The Hall–Kier alpha value is -3.92. The molecular formula is C37H46N2O6S. The van der Waals surface area contributed by atoms with Crippen molar-refractivity contribution in [2.24, 2.45) is 5.92 Å². The van der Waals surface area contributed by atoms with Crippen molar-refractivity contribution in [1.82, 2.24) is 10.6 Å². The van der Waals surface area contributed by atoms with Crippen LogP contribution >= 0.6 is 11.8 Å². The topological polar surface area (TPSA) is 136 Å². The van der Waals surface area contributed by atoms with Gasteiger partial charge in [-0.15, -0.1) is 11.8 Å². The van der Waals surface area contributed by atoms with Crippen LogP contribution in [0.25, 0.3) is 0 Å². The fraction of sp³-hybridized carbons (Fsp3) is 0.378.